The summed E-state index contributed by atoms with van der Waals surface area (Å²) in [6.07, 6.45) is 2.30. The SMILES string of the molecule is CCNC(=NCCCNC(=O)OC(C)(C)C)NCCCc1nc2ccccc2s1.I. The zero-order valence-corrected chi connectivity index (χ0v) is 21.4. The number of hydrogen-bond donors (Lipinski definition) is 3. The number of rotatable bonds is 9. The van der Waals surface area contributed by atoms with E-state index in [0.717, 1.165) is 43.8 Å². The zero-order chi connectivity index (χ0) is 21.1. The molecule has 1 aromatic carbocycles. The molecule has 0 fully saturated rings. The van der Waals surface area contributed by atoms with Gasteiger partial charge in [0.25, 0.3) is 0 Å². The number of aryl methyl sites for hydroxylation is 1. The van der Waals surface area contributed by atoms with Gasteiger partial charge in [0.15, 0.2) is 5.96 Å². The number of halogens is 1. The van der Waals surface area contributed by atoms with E-state index in [1.54, 1.807) is 11.3 Å². The van der Waals surface area contributed by atoms with E-state index in [0.29, 0.717) is 13.1 Å². The van der Waals surface area contributed by atoms with Gasteiger partial charge in [0.2, 0.25) is 0 Å². The normalized spacial score (nSPS) is 11.7. The summed E-state index contributed by atoms with van der Waals surface area (Å²) in [4.78, 5) is 20.8. The second kappa shape index (κ2) is 13.6. The molecule has 1 amide bonds. The monoisotopic (exact) mass is 547 g/mol. The summed E-state index contributed by atoms with van der Waals surface area (Å²) < 4.78 is 6.45. The zero-order valence-electron chi connectivity index (χ0n) is 18.3. The fraction of sp³-hybridized carbons (Fsp3) is 0.571. The van der Waals surface area contributed by atoms with Crippen molar-refractivity contribution in [1.82, 2.24) is 20.9 Å². The Morgan fingerprint density at radius 3 is 2.57 bits per heavy atom. The number of benzene rings is 1. The number of para-hydroxylation sites is 1. The molecular weight excluding hydrogens is 513 g/mol. The first-order valence-electron chi connectivity index (χ1n) is 10.2. The molecule has 2 rings (SSSR count). The van der Waals surface area contributed by atoms with Gasteiger partial charge >= 0.3 is 6.09 Å². The number of fused-ring (bicyclic) bond motifs is 1. The Bertz CT molecular complexity index is 771. The van der Waals surface area contributed by atoms with Crippen LogP contribution in [-0.4, -0.2) is 48.8 Å². The molecule has 168 valence electrons. The Kier molecular flexibility index (Phi) is 12.0. The molecule has 0 aliphatic carbocycles. The van der Waals surface area contributed by atoms with Crippen molar-refractivity contribution in [3.63, 3.8) is 0 Å². The Labute approximate surface area is 200 Å². The van der Waals surface area contributed by atoms with Crippen LogP contribution in [0.25, 0.3) is 10.2 Å². The average Bonchev–Trinajstić information content (AvgIpc) is 3.06. The maximum absolute atomic E-state index is 11.6. The predicted molar refractivity (Wildman–Crippen MR) is 136 cm³/mol. The van der Waals surface area contributed by atoms with Gasteiger partial charge in [0.05, 0.1) is 15.2 Å². The Hall–Kier alpha value is -1.62. The lowest BCUT2D eigenvalue weighted by Crippen LogP contribution is -2.38. The van der Waals surface area contributed by atoms with Gasteiger partial charge in [0, 0.05) is 32.6 Å². The molecule has 0 saturated heterocycles. The molecule has 0 unspecified atom stereocenters. The number of ether oxygens (including phenoxy) is 1. The molecule has 0 atom stereocenters. The summed E-state index contributed by atoms with van der Waals surface area (Å²) in [5, 5.41) is 10.5. The number of nitrogens with zero attached hydrogens (tertiary/aromatic N) is 2. The largest absolute Gasteiger partial charge is 0.444 e. The quantitative estimate of drug-likeness (QED) is 0.189. The Morgan fingerprint density at radius 2 is 1.87 bits per heavy atom. The second-order valence-corrected chi connectivity index (χ2v) is 8.76. The minimum Gasteiger partial charge on any atom is -0.444 e. The lowest BCUT2D eigenvalue weighted by Gasteiger charge is -2.19. The number of guanidine groups is 1. The molecule has 0 bridgehead atoms. The highest BCUT2D eigenvalue weighted by Crippen LogP contribution is 2.22. The number of carbonyl (C=O) groups is 1. The van der Waals surface area contributed by atoms with Crippen molar-refractivity contribution in [1.29, 1.82) is 0 Å². The van der Waals surface area contributed by atoms with E-state index in [4.69, 9.17) is 4.74 Å². The average molecular weight is 548 g/mol. The summed E-state index contributed by atoms with van der Waals surface area (Å²) >= 11 is 1.76. The van der Waals surface area contributed by atoms with E-state index in [2.05, 4.69) is 38.1 Å². The lowest BCUT2D eigenvalue weighted by molar-refractivity contribution is 0.0527. The van der Waals surface area contributed by atoms with Crippen LogP contribution in [0, 0.1) is 0 Å². The Morgan fingerprint density at radius 1 is 1.13 bits per heavy atom. The van der Waals surface area contributed by atoms with Crippen molar-refractivity contribution in [3.8, 4) is 0 Å². The fourth-order valence-electron chi connectivity index (χ4n) is 2.59. The van der Waals surface area contributed by atoms with Crippen LogP contribution in [0.1, 0.15) is 45.5 Å². The highest BCUT2D eigenvalue weighted by molar-refractivity contribution is 14.0. The predicted octanol–water partition coefficient (Wildman–Crippen LogP) is 4.32. The van der Waals surface area contributed by atoms with Crippen molar-refractivity contribution in [3.05, 3.63) is 29.3 Å². The number of amides is 1. The topological polar surface area (TPSA) is 87.6 Å². The first-order chi connectivity index (χ1) is 13.9. The number of hydrogen-bond acceptors (Lipinski definition) is 5. The molecule has 1 aromatic heterocycles. The molecule has 2 aromatic rings. The van der Waals surface area contributed by atoms with E-state index in [9.17, 15) is 4.79 Å². The van der Waals surface area contributed by atoms with Crippen LogP contribution < -0.4 is 16.0 Å². The van der Waals surface area contributed by atoms with Crippen LogP contribution >= 0.6 is 35.3 Å². The van der Waals surface area contributed by atoms with Gasteiger partial charge in [0.1, 0.15) is 5.60 Å². The third kappa shape index (κ3) is 10.4. The van der Waals surface area contributed by atoms with Crippen LogP contribution in [0.4, 0.5) is 4.79 Å². The van der Waals surface area contributed by atoms with Gasteiger partial charge in [-0.1, -0.05) is 12.1 Å². The molecule has 9 heteroatoms. The van der Waals surface area contributed by atoms with Crippen molar-refractivity contribution < 1.29 is 9.53 Å². The number of carbonyl (C=O) groups excluding carboxylic acids is 1. The molecule has 0 saturated carbocycles. The lowest BCUT2D eigenvalue weighted by atomic mass is 10.2. The number of alkyl carbamates (subject to hydrolysis) is 1. The minimum absolute atomic E-state index is 0. The third-order valence-corrected chi connectivity index (χ3v) is 4.91. The van der Waals surface area contributed by atoms with Crippen molar-refractivity contribution >= 4 is 57.6 Å². The fourth-order valence-corrected chi connectivity index (χ4v) is 3.60. The van der Waals surface area contributed by atoms with Gasteiger partial charge in [-0.2, -0.15) is 0 Å². The van der Waals surface area contributed by atoms with Gasteiger partial charge in [-0.05, 0) is 52.7 Å². The minimum atomic E-state index is -0.476. The summed E-state index contributed by atoms with van der Waals surface area (Å²) in [6, 6.07) is 8.24. The summed E-state index contributed by atoms with van der Waals surface area (Å²) in [6.45, 7) is 10.4. The van der Waals surface area contributed by atoms with Crippen LogP contribution in [-0.2, 0) is 11.2 Å². The van der Waals surface area contributed by atoms with E-state index in [-0.39, 0.29) is 30.1 Å². The molecule has 30 heavy (non-hydrogen) atoms. The first-order valence-corrected chi connectivity index (χ1v) is 11.0. The van der Waals surface area contributed by atoms with Gasteiger partial charge in [-0.3, -0.25) is 4.99 Å². The van der Waals surface area contributed by atoms with Gasteiger partial charge in [-0.15, -0.1) is 35.3 Å². The molecule has 1 heterocycles. The van der Waals surface area contributed by atoms with Crippen LogP contribution in [0.15, 0.2) is 29.3 Å². The van der Waals surface area contributed by atoms with Crippen molar-refractivity contribution in [2.45, 2.75) is 52.6 Å². The number of aliphatic imine (C=N–C) groups is 1. The molecule has 0 aliphatic heterocycles. The van der Waals surface area contributed by atoms with E-state index in [1.807, 2.05) is 39.8 Å². The summed E-state index contributed by atoms with van der Waals surface area (Å²) in [5.74, 6) is 0.800. The smallest absolute Gasteiger partial charge is 0.407 e. The number of nitrogens with one attached hydrogen (secondary N) is 3. The van der Waals surface area contributed by atoms with E-state index >= 15 is 0 Å². The molecule has 0 radical (unpaired) electrons. The third-order valence-electron chi connectivity index (χ3n) is 3.82. The van der Waals surface area contributed by atoms with E-state index < -0.39 is 5.60 Å². The highest BCUT2D eigenvalue weighted by atomic mass is 127. The maximum Gasteiger partial charge on any atom is 0.407 e. The first kappa shape index (κ1) is 26.4. The van der Waals surface area contributed by atoms with Crippen LogP contribution in [0.3, 0.4) is 0 Å². The molecule has 0 aliphatic rings. The molecule has 0 spiro atoms. The van der Waals surface area contributed by atoms with E-state index in [1.165, 1.54) is 9.71 Å². The molecule has 3 N–H and O–H groups in total. The molecule has 7 nitrogen and oxygen atoms in total. The van der Waals surface area contributed by atoms with Gasteiger partial charge in [-0.25, -0.2) is 9.78 Å². The van der Waals surface area contributed by atoms with Crippen molar-refractivity contribution in [2.75, 3.05) is 26.2 Å². The summed E-state index contributed by atoms with van der Waals surface area (Å²) in [7, 11) is 0. The highest BCUT2D eigenvalue weighted by Gasteiger charge is 2.15. The van der Waals surface area contributed by atoms with Gasteiger partial charge < -0.3 is 20.7 Å². The standard InChI is InChI=1S/C21H33N5O2S.HI/c1-5-22-19(24-14-9-15-25-20(27)28-21(2,3)4)23-13-8-12-18-26-16-10-6-7-11-17(16)29-18;/h6-7,10-11H,5,8-9,12-15H2,1-4H3,(H,25,27)(H2,22,23,24);1H. The summed E-state index contributed by atoms with van der Waals surface area (Å²) in [5.41, 5.74) is 0.603. The molecular formula is C21H34IN5O2S. The number of thiazole rings is 1. The Balaban J connectivity index is 0.00000450. The van der Waals surface area contributed by atoms with Crippen LogP contribution in [0.5, 0.6) is 0 Å². The van der Waals surface area contributed by atoms with Crippen molar-refractivity contribution in [2.24, 2.45) is 4.99 Å². The number of aromatic nitrogens is 1. The van der Waals surface area contributed by atoms with Crippen LogP contribution in [0.2, 0.25) is 0 Å². The second-order valence-electron chi connectivity index (χ2n) is 7.65. The maximum atomic E-state index is 11.6.